The van der Waals surface area contributed by atoms with Crippen LogP contribution >= 0.6 is 22.9 Å². The number of nitrogens with zero attached hydrogens (tertiary/aromatic N) is 3. The molecule has 0 aliphatic heterocycles. The van der Waals surface area contributed by atoms with E-state index in [4.69, 9.17) is 16.6 Å². The van der Waals surface area contributed by atoms with Crippen LogP contribution in [-0.2, 0) is 11.2 Å². The molecule has 0 spiro atoms. The van der Waals surface area contributed by atoms with Gasteiger partial charge in [-0.05, 0) is 59.3 Å². The number of hydrogen-bond donors (Lipinski definition) is 1. The molecule has 0 atom stereocenters. The molecule has 5 rings (SSSR count). The lowest BCUT2D eigenvalue weighted by atomic mass is 9.93. The van der Waals surface area contributed by atoms with Gasteiger partial charge in [-0.25, -0.2) is 4.98 Å². The highest BCUT2D eigenvalue weighted by molar-refractivity contribution is 7.21. The molecule has 1 N–H and O–H groups in total. The Balaban J connectivity index is 1.80. The second-order valence-corrected chi connectivity index (χ2v) is 8.84. The van der Waals surface area contributed by atoms with Crippen LogP contribution in [0.25, 0.3) is 37.2 Å². The van der Waals surface area contributed by atoms with Crippen molar-refractivity contribution in [1.82, 2.24) is 14.5 Å². The van der Waals surface area contributed by atoms with Gasteiger partial charge in [0.15, 0.2) is 5.13 Å². The third kappa shape index (κ3) is 3.45. The minimum absolute atomic E-state index is 0.117. The lowest BCUT2D eigenvalue weighted by Gasteiger charge is -2.13. The number of hydrogen-bond acceptors (Lipinski definition) is 5. The van der Waals surface area contributed by atoms with Crippen LogP contribution in [0.4, 0.5) is 0 Å². The largest absolute Gasteiger partial charge is 0.481 e. The average Bonchev–Trinajstić information content (AvgIpc) is 3.18. The number of rotatable bonds is 4. The van der Waals surface area contributed by atoms with Crippen LogP contribution in [0.5, 0.6) is 0 Å². The van der Waals surface area contributed by atoms with E-state index in [-0.39, 0.29) is 12.0 Å². The number of carboxylic acid groups (broad SMARTS) is 1. The summed E-state index contributed by atoms with van der Waals surface area (Å²) >= 11 is 7.43. The summed E-state index contributed by atoms with van der Waals surface area (Å²) in [6.07, 6.45) is 4.79. The summed E-state index contributed by atoms with van der Waals surface area (Å²) in [7, 11) is 0. The van der Waals surface area contributed by atoms with Crippen LogP contribution in [0.1, 0.15) is 11.1 Å². The van der Waals surface area contributed by atoms with Crippen molar-refractivity contribution in [3.63, 3.8) is 0 Å². The molecule has 0 saturated carbocycles. The van der Waals surface area contributed by atoms with E-state index in [1.54, 1.807) is 36.8 Å². The van der Waals surface area contributed by atoms with Gasteiger partial charge in [0.2, 0.25) is 0 Å². The number of benzene rings is 2. The maximum absolute atomic E-state index is 13.1. The molecule has 0 unspecified atom stereocenters. The van der Waals surface area contributed by atoms with E-state index in [0.29, 0.717) is 21.1 Å². The molecule has 32 heavy (non-hydrogen) atoms. The summed E-state index contributed by atoms with van der Waals surface area (Å²) in [5, 5.41) is 11.9. The second kappa shape index (κ2) is 7.85. The van der Waals surface area contributed by atoms with E-state index in [0.717, 1.165) is 32.3 Å². The normalized spacial score (nSPS) is 11.3. The summed E-state index contributed by atoms with van der Waals surface area (Å²) in [6.45, 7) is 1.88. The highest BCUT2D eigenvalue weighted by atomic mass is 35.5. The summed E-state index contributed by atoms with van der Waals surface area (Å²) in [6, 6.07) is 12.8. The van der Waals surface area contributed by atoms with E-state index >= 15 is 0 Å². The zero-order valence-electron chi connectivity index (χ0n) is 16.9. The van der Waals surface area contributed by atoms with Crippen LogP contribution in [0.3, 0.4) is 0 Å². The number of thiazole rings is 1. The van der Waals surface area contributed by atoms with Crippen molar-refractivity contribution in [2.24, 2.45) is 0 Å². The quantitative estimate of drug-likeness (QED) is 0.395. The van der Waals surface area contributed by atoms with Gasteiger partial charge in [-0.2, -0.15) is 0 Å². The monoisotopic (exact) mass is 461 g/mol. The van der Waals surface area contributed by atoms with Gasteiger partial charge in [-0.3, -0.25) is 19.1 Å². The smallest absolute Gasteiger partial charge is 0.307 e. The number of carboxylic acids is 1. The predicted octanol–water partition coefficient (Wildman–Crippen LogP) is 5.25. The van der Waals surface area contributed by atoms with Crippen LogP contribution in [-0.4, -0.2) is 25.6 Å². The predicted molar refractivity (Wildman–Crippen MR) is 127 cm³/mol. The van der Waals surface area contributed by atoms with E-state index in [1.807, 2.05) is 31.2 Å². The van der Waals surface area contributed by atoms with Gasteiger partial charge in [-0.1, -0.05) is 35.1 Å². The second-order valence-electron chi connectivity index (χ2n) is 7.42. The molecule has 3 heterocycles. The Hall–Kier alpha value is -3.55. The molecular weight excluding hydrogens is 446 g/mol. The van der Waals surface area contributed by atoms with Crippen molar-refractivity contribution in [3.8, 4) is 16.3 Å². The highest BCUT2D eigenvalue weighted by Gasteiger charge is 2.20. The Labute approximate surface area is 191 Å². The maximum Gasteiger partial charge on any atom is 0.307 e. The molecule has 0 saturated heterocycles. The van der Waals surface area contributed by atoms with Crippen molar-refractivity contribution in [1.29, 1.82) is 0 Å². The van der Waals surface area contributed by atoms with Crippen molar-refractivity contribution in [2.45, 2.75) is 13.3 Å². The van der Waals surface area contributed by atoms with Crippen LogP contribution < -0.4 is 5.56 Å². The van der Waals surface area contributed by atoms with Crippen molar-refractivity contribution < 1.29 is 9.90 Å². The Bertz CT molecular complexity index is 1570. The molecule has 0 bridgehead atoms. The van der Waals surface area contributed by atoms with Crippen LogP contribution in [0.2, 0.25) is 5.02 Å². The SMILES string of the molecule is Cc1cc2nc(-n3ccc4ccncc4c3=O)sc2c(-c2ccc(Cl)cc2)c1CC(=O)O. The van der Waals surface area contributed by atoms with Gasteiger partial charge in [0, 0.05) is 29.2 Å². The van der Waals surface area contributed by atoms with Gasteiger partial charge < -0.3 is 5.11 Å². The minimum Gasteiger partial charge on any atom is -0.481 e. The topological polar surface area (TPSA) is 85.1 Å². The minimum atomic E-state index is -0.911. The molecule has 158 valence electrons. The molecular formula is C24H16ClN3O3S. The van der Waals surface area contributed by atoms with Crippen molar-refractivity contribution in [2.75, 3.05) is 0 Å². The van der Waals surface area contributed by atoms with E-state index < -0.39 is 5.97 Å². The Kier molecular flexibility index (Phi) is 5.00. The third-order valence-electron chi connectivity index (χ3n) is 5.37. The van der Waals surface area contributed by atoms with Crippen molar-refractivity contribution in [3.05, 3.63) is 87.6 Å². The van der Waals surface area contributed by atoms with Crippen molar-refractivity contribution >= 4 is 49.9 Å². The van der Waals surface area contributed by atoms with Gasteiger partial charge in [0.05, 0.1) is 22.0 Å². The Morgan fingerprint density at radius 3 is 2.72 bits per heavy atom. The number of aryl methyl sites for hydroxylation is 1. The Morgan fingerprint density at radius 1 is 1.19 bits per heavy atom. The number of aliphatic carboxylic acids is 1. The molecule has 5 aromatic rings. The molecule has 6 nitrogen and oxygen atoms in total. The highest BCUT2D eigenvalue weighted by Crippen LogP contribution is 2.39. The molecule has 0 radical (unpaired) electrons. The first-order valence-corrected chi connectivity index (χ1v) is 11.0. The third-order valence-corrected chi connectivity index (χ3v) is 6.71. The number of carbonyl (C=O) groups is 1. The summed E-state index contributed by atoms with van der Waals surface area (Å²) in [5.41, 5.74) is 3.71. The zero-order valence-corrected chi connectivity index (χ0v) is 18.4. The van der Waals surface area contributed by atoms with E-state index in [1.165, 1.54) is 15.9 Å². The van der Waals surface area contributed by atoms with Gasteiger partial charge in [0.1, 0.15) is 0 Å². The first kappa shape index (κ1) is 20.4. The number of halogens is 1. The molecule has 0 aliphatic rings. The molecule has 0 fully saturated rings. The Morgan fingerprint density at radius 2 is 1.97 bits per heavy atom. The van der Waals surface area contributed by atoms with Gasteiger partial charge in [-0.15, -0.1) is 0 Å². The van der Waals surface area contributed by atoms with Gasteiger partial charge >= 0.3 is 5.97 Å². The lowest BCUT2D eigenvalue weighted by molar-refractivity contribution is -0.136. The van der Waals surface area contributed by atoms with E-state index in [9.17, 15) is 14.7 Å². The van der Waals surface area contributed by atoms with Crippen LogP contribution in [0, 0.1) is 6.92 Å². The maximum atomic E-state index is 13.1. The lowest BCUT2D eigenvalue weighted by Crippen LogP contribution is -2.17. The molecule has 2 aromatic carbocycles. The zero-order chi connectivity index (χ0) is 22.4. The first-order valence-electron chi connectivity index (χ1n) is 9.79. The fraction of sp³-hybridized carbons (Fsp3) is 0.0833. The number of fused-ring (bicyclic) bond motifs is 2. The standard InChI is InChI=1S/C24H16ClN3O3S/c1-13-10-19-22(21(17(13)11-20(29)30)15-2-4-16(25)5-3-15)32-24(27-19)28-9-7-14-6-8-26-12-18(14)23(28)31/h2-10,12H,11H2,1H3,(H,29,30). The van der Waals surface area contributed by atoms with E-state index in [2.05, 4.69) is 4.98 Å². The fourth-order valence-electron chi connectivity index (χ4n) is 3.86. The summed E-state index contributed by atoms with van der Waals surface area (Å²) in [4.78, 5) is 33.5. The molecule has 0 aliphatic carbocycles. The summed E-state index contributed by atoms with van der Waals surface area (Å²) in [5.74, 6) is -0.911. The molecule has 8 heteroatoms. The molecule has 3 aromatic heterocycles. The summed E-state index contributed by atoms with van der Waals surface area (Å²) < 4.78 is 2.33. The average molecular weight is 462 g/mol. The number of aromatic nitrogens is 3. The van der Waals surface area contributed by atoms with Crippen LogP contribution in [0.15, 0.2) is 65.8 Å². The molecule has 0 amide bonds. The fourth-order valence-corrected chi connectivity index (χ4v) is 5.11. The number of pyridine rings is 2. The van der Waals surface area contributed by atoms with Gasteiger partial charge in [0.25, 0.3) is 5.56 Å². The first-order chi connectivity index (χ1) is 15.4.